The van der Waals surface area contributed by atoms with Crippen molar-refractivity contribution in [2.45, 2.75) is 33.3 Å². The van der Waals surface area contributed by atoms with Crippen molar-refractivity contribution in [2.75, 3.05) is 6.54 Å². The summed E-state index contributed by atoms with van der Waals surface area (Å²) in [7, 11) is 0. The zero-order valence-electron chi connectivity index (χ0n) is 9.21. The normalized spacial score (nSPS) is 17.9. The Labute approximate surface area is 86.1 Å². The molecule has 1 aliphatic heterocycles. The SMILES string of the molecule is CC.Cc1ccc2c(c1)CC(CN)O2. The monoisotopic (exact) mass is 193 g/mol. The molecule has 0 saturated carbocycles. The Hall–Kier alpha value is -1.02. The summed E-state index contributed by atoms with van der Waals surface area (Å²) in [6, 6.07) is 6.27. The second-order valence-corrected chi connectivity index (χ2v) is 3.29. The molecule has 0 bridgehead atoms. The van der Waals surface area contributed by atoms with Gasteiger partial charge in [-0.25, -0.2) is 0 Å². The molecule has 1 aromatic rings. The molecule has 1 atom stereocenters. The van der Waals surface area contributed by atoms with Gasteiger partial charge in [0.1, 0.15) is 11.9 Å². The predicted octanol–water partition coefficient (Wildman–Crippen LogP) is 2.28. The van der Waals surface area contributed by atoms with E-state index in [0.717, 1.165) is 12.2 Å². The van der Waals surface area contributed by atoms with Crippen molar-refractivity contribution in [3.8, 4) is 5.75 Å². The van der Waals surface area contributed by atoms with E-state index in [2.05, 4.69) is 19.1 Å². The molecule has 1 unspecified atom stereocenters. The first-order valence-electron chi connectivity index (χ1n) is 5.26. The van der Waals surface area contributed by atoms with Crippen LogP contribution < -0.4 is 10.5 Å². The molecule has 0 aromatic heterocycles. The Morgan fingerprint density at radius 1 is 1.43 bits per heavy atom. The van der Waals surface area contributed by atoms with E-state index in [1.807, 2.05) is 19.9 Å². The third-order valence-corrected chi connectivity index (χ3v) is 2.22. The molecule has 0 fully saturated rings. The Morgan fingerprint density at radius 2 is 2.14 bits per heavy atom. The second kappa shape index (κ2) is 5.01. The fraction of sp³-hybridized carbons (Fsp3) is 0.500. The average Bonchev–Trinajstić information content (AvgIpc) is 2.62. The summed E-state index contributed by atoms with van der Waals surface area (Å²) in [4.78, 5) is 0. The van der Waals surface area contributed by atoms with E-state index in [9.17, 15) is 0 Å². The number of nitrogens with two attached hydrogens (primary N) is 1. The van der Waals surface area contributed by atoms with E-state index in [1.54, 1.807) is 0 Å². The minimum absolute atomic E-state index is 0.196. The van der Waals surface area contributed by atoms with Crippen LogP contribution in [0.1, 0.15) is 25.0 Å². The van der Waals surface area contributed by atoms with Crippen LogP contribution >= 0.6 is 0 Å². The number of hydrogen-bond donors (Lipinski definition) is 1. The third-order valence-electron chi connectivity index (χ3n) is 2.22. The molecule has 1 aromatic carbocycles. The van der Waals surface area contributed by atoms with Crippen molar-refractivity contribution < 1.29 is 4.74 Å². The summed E-state index contributed by atoms with van der Waals surface area (Å²) in [5, 5.41) is 0. The molecular weight excluding hydrogens is 174 g/mol. The lowest BCUT2D eigenvalue weighted by Crippen LogP contribution is -2.24. The second-order valence-electron chi connectivity index (χ2n) is 3.29. The van der Waals surface area contributed by atoms with E-state index < -0.39 is 0 Å². The summed E-state index contributed by atoms with van der Waals surface area (Å²) >= 11 is 0. The van der Waals surface area contributed by atoms with Crippen LogP contribution in [0, 0.1) is 6.92 Å². The zero-order chi connectivity index (χ0) is 10.6. The van der Waals surface area contributed by atoms with Crippen LogP contribution in [-0.4, -0.2) is 12.6 Å². The highest BCUT2D eigenvalue weighted by Crippen LogP contribution is 2.28. The molecule has 0 radical (unpaired) electrons. The van der Waals surface area contributed by atoms with Gasteiger partial charge in [0.2, 0.25) is 0 Å². The molecule has 0 spiro atoms. The van der Waals surface area contributed by atoms with E-state index in [4.69, 9.17) is 10.5 Å². The quantitative estimate of drug-likeness (QED) is 0.742. The first kappa shape index (κ1) is 11.1. The highest BCUT2D eigenvalue weighted by atomic mass is 16.5. The third kappa shape index (κ3) is 2.26. The van der Waals surface area contributed by atoms with Crippen LogP contribution in [0.15, 0.2) is 18.2 Å². The van der Waals surface area contributed by atoms with Crippen LogP contribution in [-0.2, 0) is 6.42 Å². The molecule has 1 aliphatic rings. The molecule has 2 N–H and O–H groups in total. The maximum atomic E-state index is 5.59. The van der Waals surface area contributed by atoms with Crippen molar-refractivity contribution in [2.24, 2.45) is 5.73 Å². The van der Waals surface area contributed by atoms with Crippen molar-refractivity contribution in [1.82, 2.24) is 0 Å². The van der Waals surface area contributed by atoms with Gasteiger partial charge in [0.05, 0.1) is 0 Å². The summed E-state index contributed by atoms with van der Waals surface area (Å²) < 4.78 is 5.59. The Morgan fingerprint density at radius 3 is 2.79 bits per heavy atom. The minimum Gasteiger partial charge on any atom is -0.488 e. The Kier molecular flexibility index (Phi) is 3.96. The number of ether oxygens (including phenoxy) is 1. The van der Waals surface area contributed by atoms with E-state index >= 15 is 0 Å². The van der Waals surface area contributed by atoms with Crippen LogP contribution in [0.4, 0.5) is 0 Å². The summed E-state index contributed by atoms with van der Waals surface area (Å²) in [6.45, 7) is 6.70. The van der Waals surface area contributed by atoms with Gasteiger partial charge in [-0.05, 0) is 18.6 Å². The lowest BCUT2D eigenvalue weighted by atomic mass is 10.1. The Bertz CT molecular complexity index is 296. The molecular formula is C12H19NO. The molecule has 0 saturated heterocycles. The van der Waals surface area contributed by atoms with Crippen LogP contribution in [0.25, 0.3) is 0 Å². The van der Waals surface area contributed by atoms with Gasteiger partial charge < -0.3 is 10.5 Å². The first-order chi connectivity index (χ1) is 6.79. The number of hydrogen-bond acceptors (Lipinski definition) is 2. The van der Waals surface area contributed by atoms with Gasteiger partial charge in [0.25, 0.3) is 0 Å². The molecule has 78 valence electrons. The lowest BCUT2D eigenvalue weighted by molar-refractivity contribution is 0.241. The number of rotatable bonds is 1. The highest BCUT2D eigenvalue weighted by molar-refractivity contribution is 5.40. The number of aryl methyl sites for hydroxylation is 1. The number of benzene rings is 1. The minimum atomic E-state index is 0.196. The van der Waals surface area contributed by atoms with Crippen LogP contribution in [0.3, 0.4) is 0 Å². The molecule has 0 aliphatic carbocycles. The van der Waals surface area contributed by atoms with Gasteiger partial charge in [-0.15, -0.1) is 0 Å². The van der Waals surface area contributed by atoms with Crippen molar-refractivity contribution in [3.63, 3.8) is 0 Å². The van der Waals surface area contributed by atoms with Crippen molar-refractivity contribution >= 4 is 0 Å². The topological polar surface area (TPSA) is 35.2 Å². The fourth-order valence-electron chi connectivity index (χ4n) is 1.58. The summed E-state index contributed by atoms with van der Waals surface area (Å²) in [5.41, 5.74) is 8.11. The van der Waals surface area contributed by atoms with E-state index in [1.165, 1.54) is 11.1 Å². The van der Waals surface area contributed by atoms with Gasteiger partial charge in [0.15, 0.2) is 0 Å². The standard InChI is InChI=1S/C10H13NO.C2H6/c1-7-2-3-10-8(4-7)5-9(6-11)12-10;1-2/h2-4,9H,5-6,11H2,1H3;1-2H3. The summed E-state index contributed by atoms with van der Waals surface area (Å²) in [6.07, 6.45) is 1.16. The lowest BCUT2D eigenvalue weighted by Gasteiger charge is -2.05. The maximum absolute atomic E-state index is 5.59. The van der Waals surface area contributed by atoms with Crippen LogP contribution in [0.2, 0.25) is 0 Å². The highest BCUT2D eigenvalue weighted by Gasteiger charge is 2.20. The van der Waals surface area contributed by atoms with Gasteiger partial charge in [-0.3, -0.25) is 0 Å². The van der Waals surface area contributed by atoms with Crippen molar-refractivity contribution in [3.05, 3.63) is 29.3 Å². The smallest absolute Gasteiger partial charge is 0.123 e. The Balaban J connectivity index is 0.000000461. The molecule has 2 heteroatoms. The van der Waals surface area contributed by atoms with E-state index in [-0.39, 0.29) is 6.10 Å². The first-order valence-corrected chi connectivity index (χ1v) is 5.26. The summed E-state index contributed by atoms with van der Waals surface area (Å²) in [5.74, 6) is 1.01. The predicted molar refractivity (Wildman–Crippen MR) is 59.7 cm³/mol. The van der Waals surface area contributed by atoms with Crippen molar-refractivity contribution in [1.29, 1.82) is 0 Å². The molecule has 14 heavy (non-hydrogen) atoms. The van der Waals surface area contributed by atoms with Gasteiger partial charge in [0, 0.05) is 13.0 Å². The fourth-order valence-corrected chi connectivity index (χ4v) is 1.58. The average molecular weight is 193 g/mol. The molecule has 1 heterocycles. The zero-order valence-corrected chi connectivity index (χ0v) is 9.21. The molecule has 2 nitrogen and oxygen atoms in total. The van der Waals surface area contributed by atoms with Gasteiger partial charge in [-0.1, -0.05) is 31.5 Å². The van der Waals surface area contributed by atoms with E-state index in [0.29, 0.717) is 6.54 Å². The molecule has 0 amide bonds. The van der Waals surface area contributed by atoms with Gasteiger partial charge >= 0.3 is 0 Å². The number of fused-ring (bicyclic) bond motifs is 1. The largest absolute Gasteiger partial charge is 0.488 e. The molecule has 2 rings (SSSR count). The van der Waals surface area contributed by atoms with Gasteiger partial charge in [-0.2, -0.15) is 0 Å². The van der Waals surface area contributed by atoms with Crippen LogP contribution in [0.5, 0.6) is 5.75 Å². The maximum Gasteiger partial charge on any atom is 0.123 e.